The van der Waals surface area contributed by atoms with Crippen LogP contribution in [0.4, 0.5) is 6.01 Å². The summed E-state index contributed by atoms with van der Waals surface area (Å²) in [6.45, 7) is 0. The van der Waals surface area contributed by atoms with Crippen molar-refractivity contribution in [1.82, 2.24) is 10.2 Å². The molecule has 0 fully saturated rings. The Morgan fingerprint density at radius 3 is 2.68 bits per heavy atom. The second-order valence-corrected chi connectivity index (χ2v) is 6.12. The van der Waals surface area contributed by atoms with Gasteiger partial charge in [-0.05, 0) is 17.7 Å². The predicted molar refractivity (Wildman–Crippen MR) is 97.5 cm³/mol. The minimum Gasteiger partial charge on any atom is -0.496 e. The number of hydrogen-bond donors (Lipinski definition) is 1. The van der Waals surface area contributed by atoms with Crippen LogP contribution in [0, 0.1) is 0 Å². The molecule has 0 spiro atoms. The summed E-state index contributed by atoms with van der Waals surface area (Å²) in [6, 6.07) is 17.4. The number of methoxy groups -OCH3 is 1. The van der Waals surface area contributed by atoms with E-state index in [4.69, 9.17) is 9.15 Å². The van der Waals surface area contributed by atoms with Crippen LogP contribution in [-0.4, -0.2) is 29.0 Å². The van der Waals surface area contributed by atoms with Gasteiger partial charge in [-0.3, -0.25) is 10.1 Å². The first-order valence-electron chi connectivity index (χ1n) is 7.64. The maximum absolute atomic E-state index is 12.0. The third-order valence-corrected chi connectivity index (χ3v) is 4.36. The minimum atomic E-state index is -0.184. The number of ether oxygens (including phenoxy) is 1. The molecule has 1 amide bonds. The fraction of sp³-hybridized carbons (Fsp3) is 0.167. The summed E-state index contributed by atoms with van der Waals surface area (Å²) in [5, 5.41) is 10.4. The van der Waals surface area contributed by atoms with E-state index in [1.54, 1.807) is 13.2 Å². The number of aromatic nitrogens is 2. The maximum atomic E-state index is 12.0. The Morgan fingerprint density at radius 2 is 1.88 bits per heavy atom. The van der Waals surface area contributed by atoms with Crippen LogP contribution in [0.2, 0.25) is 0 Å². The number of nitrogens with zero attached hydrogens (tertiary/aromatic N) is 2. The number of hydrogen-bond acceptors (Lipinski definition) is 6. The number of anilines is 1. The van der Waals surface area contributed by atoms with Gasteiger partial charge < -0.3 is 9.15 Å². The molecule has 128 valence electrons. The number of nitrogens with one attached hydrogen (secondary N) is 1. The lowest BCUT2D eigenvalue weighted by molar-refractivity contribution is -0.113. The van der Waals surface area contributed by atoms with Gasteiger partial charge in [0.25, 0.3) is 5.89 Å². The lowest BCUT2D eigenvalue weighted by Crippen LogP contribution is -2.14. The molecule has 0 aliphatic carbocycles. The Kier molecular flexibility index (Phi) is 5.69. The molecule has 0 bridgehead atoms. The molecule has 0 radical (unpaired) electrons. The van der Waals surface area contributed by atoms with Crippen LogP contribution >= 0.6 is 11.8 Å². The second-order valence-electron chi connectivity index (χ2n) is 5.14. The average molecular weight is 355 g/mol. The highest BCUT2D eigenvalue weighted by molar-refractivity contribution is 7.99. The Hall–Kier alpha value is -2.80. The van der Waals surface area contributed by atoms with Gasteiger partial charge in [-0.15, -0.1) is 16.9 Å². The van der Waals surface area contributed by atoms with Gasteiger partial charge in [0.05, 0.1) is 18.4 Å². The Morgan fingerprint density at radius 1 is 1.12 bits per heavy atom. The van der Waals surface area contributed by atoms with Crippen molar-refractivity contribution in [2.45, 2.75) is 5.75 Å². The highest BCUT2D eigenvalue weighted by Gasteiger charge is 2.14. The van der Waals surface area contributed by atoms with E-state index < -0.39 is 0 Å². The van der Waals surface area contributed by atoms with E-state index in [1.165, 1.54) is 17.3 Å². The van der Waals surface area contributed by atoms with Crippen molar-refractivity contribution in [2.24, 2.45) is 0 Å². The van der Waals surface area contributed by atoms with Crippen molar-refractivity contribution in [3.63, 3.8) is 0 Å². The molecule has 0 saturated carbocycles. The molecule has 1 N–H and O–H groups in total. The number of para-hydroxylation sites is 1. The lowest BCUT2D eigenvalue weighted by Gasteiger charge is -2.03. The number of thioether (sulfide) groups is 1. The van der Waals surface area contributed by atoms with E-state index in [1.807, 2.05) is 48.5 Å². The van der Waals surface area contributed by atoms with Crippen molar-refractivity contribution < 1.29 is 13.9 Å². The van der Waals surface area contributed by atoms with Crippen molar-refractivity contribution in [3.8, 4) is 17.2 Å². The van der Waals surface area contributed by atoms with Crippen LogP contribution < -0.4 is 10.1 Å². The summed E-state index contributed by atoms with van der Waals surface area (Å²) in [5.74, 6) is 1.81. The van der Waals surface area contributed by atoms with E-state index in [0.29, 0.717) is 23.0 Å². The quantitative estimate of drug-likeness (QED) is 0.697. The van der Waals surface area contributed by atoms with E-state index >= 15 is 0 Å². The van der Waals surface area contributed by atoms with Crippen molar-refractivity contribution in [3.05, 3.63) is 60.2 Å². The highest BCUT2D eigenvalue weighted by Crippen LogP contribution is 2.29. The third kappa shape index (κ3) is 4.60. The normalized spacial score (nSPS) is 10.4. The molecule has 6 nitrogen and oxygen atoms in total. The van der Waals surface area contributed by atoms with Crippen LogP contribution in [0.25, 0.3) is 11.5 Å². The van der Waals surface area contributed by atoms with Gasteiger partial charge in [0, 0.05) is 5.75 Å². The fourth-order valence-electron chi connectivity index (χ4n) is 2.20. The van der Waals surface area contributed by atoms with Crippen molar-refractivity contribution in [1.29, 1.82) is 0 Å². The number of carbonyl (C=O) groups is 1. The molecule has 3 aromatic rings. The van der Waals surface area contributed by atoms with Gasteiger partial charge >= 0.3 is 6.01 Å². The van der Waals surface area contributed by atoms with Gasteiger partial charge in [-0.2, -0.15) is 0 Å². The van der Waals surface area contributed by atoms with Crippen molar-refractivity contribution in [2.75, 3.05) is 18.2 Å². The zero-order valence-electron chi connectivity index (χ0n) is 13.6. The summed E-state index contributed by atoms with van der Waals surface area (Å²) in [6.07, 6.45) is 0. The van der Waals surface area contributed by atoms with Crippen LogP contribution in [-0.2, 0) is 10.5 Å². The van der Waals surface area contributed by atoms with Gasteiger partial charge in [0.15, 0.2) is 0 Å². The summed E-state index contributed by atoms with van der Waals surface area (Å²) < 4.78 is 10.8. The summed E-state index contributed by atoms with van der Waals surface area (Å²) in [7, 11) is 1.57. The molecular formula is C18H17N3O3S. The second kappa shape index (κ2) is 8.34. The van der Waals surface area contributed by atoms with Crippen LogP contribution in [0.15, 0.2) is 59.0 Å². The monoisotopic (exact) mass is 355 g/mol. The Labute approximate surface area is 149 Å². The first kappa shape index (κ1) is 17.0. The van der Waals surface area contributed by atoms with Gasteiger partial charge in [0.2, 0.25) is 5.91 Å². The molecule has 0 aliphatic heterocycles. The molecule has 1 aromatic heterocycles. The molecule has 0 unspecified atom stereocenters. The molecule has 0 aliphatic rings. The van der Waals surface area contributed by atoms with Crippen molar-refractivity contribution >= 4 is 23.7 Å². The van der Waals surface area contributed by atoms with Gasteiger partial charge in [0.1, 0.15) is 5.75 Å². The summed E-state index contributed by atoms with van der Waals surface area (Å²) in [5.41, 5.74) is 1.85. The molecule has 7 heteroatoms. The summed E-state index contributed by atoms with van der Waals surface area (Å²) in [4.78, 5) is 12.0. The summed E-state index contributed by atoms with van der Waals surface area (Å²) >= 11 is 1.52. The van der Waals surface area contributed by atoms with Crippen LogP contribution in [0.3, 0.4) is 0 Å². The molecule has 25 heavy (non-hydrogen) atoms. The topological polar surface area (TPSA) is 77.3 Å². The molecule has 2 aromatic carbocycles. The first-order chi connectivity index (χ1) is 12.3. The Balaban J connectivity index is 1.55. The predicted octanol–water partition coefficient (Wildman–Crippen LogP) is 3.62. The highest BCUT2D eigenvalue weighted by atomic mass is 32.2. The van der Waals surface area contributed by atoms with Gasteiger partial charge in [-0.25, -0.2) is 0 Å². The molecule has 1 heterocycles. The van der Waals surface area contributed by atoms with Crippen LogP contribution in [0.5, 0.6) is 5.75 Å². The lowest BCUT2D eigenvalue weighted by atomic mass is 10.2. The molecular weight excluding hydrogens is 338 g/mol. The van der Waals surface area contributed by atoms with E-state index in [9.17, 15) is 4.79 Å². The molecule has 3 rings (SSSR count). The third-order valence-electron chi connectivity index (χ3n) is 3.35. The molecule has 0 atom stereocenters. The number of benzene rings is 2. The fourth-order valence-corrected chi connectivity index (χ4v) is 2.98. The van der Waals surface area contributed by atoms with E-state index in [2.05, 4.69) is 15.5 Å². The standard InChI is InChI=1S/C18H17N3O3S/c1-23-15-10-6-5-9-14(15)17-20-21-18(24-17)19-16(22)12-25-11-13-7-3-2-4-8-13/h2-10H,11-12H2,1H3,(H,19,21,22). The van der Waals surface area contributed by atoms with E-state index in [-0.39, 0.29) is 11.9 Å². The maximum Gasteiger partial charge on any atom is 0.322 e. The largest absolute Gasteiger partial charge is 0.496 e. The first-order valence-corrected chi connectivity index (χ1v) is 8.80. The van der Waals surface area contributed by atoms with Crippen LogP contribution in [0.1, 0.15) is 5.56 Å². The SMILES string of the molecule is COc1ccccc1-c1nnc(NC(=O)CSCc2ccccc2)o1. The number of amides is 1. The Bertz CT molecular complexity index is 836. The zero-order valence-corrected chi connectivity index (χ0v) is 14.5. The molecule has 0 saturated heterocycles. The van der Waals surface area contributed by atoms with Gasteiger partial charge in [-0.1, -0.05) is 47.6 Å². The number of rotatable bonds is 7. The average Bonchev–Trinajstić information content (AvgIpc) is 3.10. The number of carbonyl (C=O) groups excluding carboxylic acids is 1. The smallest absolute Gasteiger partial charge is 0.322 e. The minimum absolute atomic E-state index is 0.0752. The van der Waals surface area contributed by atoms with E-state index in [0.717, 1.165) is 5.75 Å². The zero-order chi connectivity index (χ0) is 17.5.